The molecule has 0 spiro atoms. The summed E-state index contributed by atoms with van der Waals surface area (Å²) in [6.07, 6.45) is -4.34. The Morgan fingerprint density at radius 2 is 1.79 bits per heavy atom. The van der Waals surface area contributed by atoms with Gasteiger partial charge >= 0.3 is 6.18 Å². The minimum atomic E-state index is -5.23. The van der Waals surface area contributed by atoms with Crippen LogP contribution in [0.4, 0.5) is 18.9 Å². The summed E-state index contributed by atoms with van der Waals surface area (Å²) >= 11 is 5.83. The zero-order chi connectivity index (χ0) is 22.0. The largest absolute Gasteiger partial charge is 0.426 e. The molecule has 0 aliphatic carbocycles. The van der Waals surface area contributed by atoms with E-state index in [1.54, 1.807) is 5.32 Å². The molecule has 160 valence electrons. The molecule has 1 aromatic rings. The summed E-state index contributed by atoms with van der Waals surface area (Å²) in [6.45, 7) is 0.159. The second kappa shape index (κ2) is 8.53. The van der Waals surface area contributed by atoms with E-state index in [2.05, 4.69) is 4.72 Å². The van der Waals surface area contributed by atoms with Gasteiger partial charge in [0.05, 0.1) is 27.6 Å². The summed E-state index contributed by atoms with van der Waals surface area (Å²) in [7, 11) is -7.32. The molecule has 1 rings (SSSR count). The fourth-order valence-corrected chi connectivity index (χ4v) is 3.94. The molecule has 1 aromatic carbocycles. The Morgan fingerprint density at radius 1 is 1.21 bits per heavy atom. The van der Waals surface area contributed by atoms with Gasteiger partial charge in [-0.05, 0) is 31.5 Å². The molecule has 14 heteroatoms. The van der Waals surface area contributed by atoms with Crippen molar-refractivity contribution in [2.45, 2.75) is 30.0 Å². The van der Waals surface area contributed by atoms with Crippen LogP contribution < -0.4 is 10.0 Å². The van der Waals surface area contributed by atoms with Crippen LogP contribution in [0.1, 0.15) is 13.3 Å². The third-order valence-electron chi connectivity index (χ3n) is 3.50. The highest BCUT2D eigenvalue weighted by Crippen LogP contribution is 2.32. The Hall–Kier alpha value is -1.41. The standard InChI is InChI=1S/C14H18ClF3N2O6S2/c1-13(22,14(16,17)18)12(21)20-11-5-4-9(8-10(11)15)28(25,26)7-3-6-19-27(2,23)24/h4-5,8,19,22H,3,6-7H2,1-2H3,(H,20,21)/t13-/m1/s1. The van der Waals surface area contributed by atoms with Crippen molar-refractivity contribution >= 4 is 43.1 Å². The molecule has 28 heavy (non-hydrogen) atoms. The van der Waals surface area contributed by atoms with Crippen LogP contribution in [-0.2, 0) is 24.7 Å². The van der Waals surface area contributed by atoms with Crippen LogP contribution >= 0.6 is 11.6 Å². The lowest BCUT2D eigenvalue weighted by Crippen LogP contribution is -2.52. The minimum absolute atomic E-state index is 0.0278. The average Bonchev–Trinajstić information content (AvgIpc) is 2.51. The summed E-state index contributed by atoms with van der Waals surface area (Å²) in [5, 5.41) is 10.7. The third-order valence-corrected chi connectivity index (χ3v) is 6.34. The van der Waals surface area contributed by atoms with E-state index in [0.717, 1.165) is 24.5 Å². The number of alkyl halides is 3. The SMILES string of the molecule is C[C@@](O)(C(=O)Nc1ccc(S(=O)(=O)CCCNS(C)(=O)=O)cc1Cl)C(F)(F)F. The maximum Gasteiger partial charge on any atom is 0.426 e. The fourth-order valence-electron chi connectivity index (χ4n) is 1.80. The van der Waals surface area contributed by atoms with E-state index in [1.807, 2.05) is 0 Å². The first-order valence-electron chi connectivity index (χ1n) is 7.55. The van der Waals surface area contributed by atoms with Gasteiger partial charge in [-0.25, -0.2) is 21.6 Å². The molecular formula is C14H18ClF3N2O6S2. The number of nitrogens with one attached hydrogen (secondary N) is 2. The number of carbonyl (C=O) groups is 1. The number of sulfone groups is 1. The molecule has 1 atom stereocenters. The zero-order valence-corrected chi connectivity index (χ0v) is 17.1. The van der Waals surface area contributed by atoms with Gasteiger partial charge in [0, 0.05) is 6.54 Å². The maximum atomic E-state index is 12.7. The zero-order valence-electron chi connectivity index (χ0n) is 14.7. The van der Waals surface area contributed by atoms with E-state index in [0.29, 0.717) is 0 Å². The van der Waals surface area contributed by atoms with Crippen molar-refractivity contribution in [2.24, 2.45) is 0 Å². The molecule has 0 bridgehead atoms. The van der Waals surface area contributed by atoms with Crippen molar-refractivity contribution in [1.29, 1.82) is 0 Å². The molecule has 3 N–H and O–H groups in total. The highest BCUT2D eigenvalue weighted by atomic mass is 35.5. The number of hydrogen-bond acceptors (Lipinski definition) is 6. The number of sulfonamides is 1. The van der Waals surface area contributed by atoms with Crippen LogP contribution in [0.25, 0.3) is 0 Å². The second-order valence-corrected chi connectivity index (χ2v) is 10.4. The van der Waals surface area contributed by atoms with Crippen LogP contribution in [0.2, 0.25) is 5.02 Å². The van der Waals surface area contributed by atoms with Gasteiger partial charge in [0.15, 0.2) is 9.84 Å². The van der Waals surface area contributed by atoms with Gasteiger partial charge in [-0.1, -0.05) is 11.6 Å². The molecule has 0 aliphatic rings. The molecule has 0 aromatic heterocycles. The summed E-state index contributed by atoms with van der Waals surface area (Å²) in [6, 6.07) is 2.93. The Balaban J connectivity index is 2.90. The van der Waals surface area contributed by atoms with Crippen molar-refractivity contribution in [3.05, 3.63) is 23.2 Å². The Morgan fingerprint density at radius 3 is 2.25 bits per heavy atom. The predicted octanol–water partition coefficient (Wildman–Crippen LogP) is 1.30. The number of amides is 1. The Labute approximate surface area is 165 Å². The minimum Gasteiger partial charge on any atom is -0.373 e. The number of halogens is 4. The summed E-state index contributed by atoms with van der Waals surface area (Å²) < 4.78 is 86.4. The van der Waals surface area contributed by atoms with Gasteiger partial charge in [-0.15, -0.1) is 0 Å². The smallest absolute Gasteiger partial charge is 0.373 e. The summed E-state index contributed by atoms with van der Waals surface area (Å²) in [5.41, 5.74) is -4.00. The number of anilines is 1. The van der Waals surface area contributed by atoms with Gasteiger partial charge in [0.1, 0.15) is 0 Å². The highest BCUT2D eigenvalue weighted by molar-refractivity contribution is 7.91. The maximum absolute atomic E-state index is 12.7. The van der Waals surface area contributed by atoms with Gasteiger partial charge < -0.3 is 10.4 Å². The normalized spacial score (nSPS) is 15.1. The van der Waals surface area contributed by atoms with Crippen LogP contribution in [0.5, 0.6) is 0 Å². The van der Waals surface area contributed by atoms with Crippen molar-refractivity contribution in [1.82, 2.24) is 4.72 Å². The number of rotatable bonds is 8. The molecular weight excluding hydrogens is 449 g/mol. The quantitative estimate of drug-likeness (QED) is 0.495. The Bertz CT molecular complexity index is 946. The van der Waals surface area contributed by atoms with E-state index in [9.17, 15) is 39.9 Å². The molecule has 1 amide bonds. The van der Waals surface area contributed by atoms with Crippen LogP contribution in [0.15, 0.2) is 23.1 Å². The van der Waals surface area contributed by atoms with Crippen molar-refractivity contribution < 1.29 is 39.9 Å². The lowest BCUT2D eigenvalue weighted by Gasteiger charge is -2.25. The van der Waals surface area contributed by atoms with Crippen molar-refractivity contribution in [2.75, 3.05) is 23.9 Å². The molecule has 0 radical (unpaired) electrons. The van der Waals surface area contributed by atoms with Gasteiger partial charge in [-0.3, -0.25) is 4.79 Å². The first-order valence-corrected chi connectivity index (χ1v) is 11.5. The van der Waals surface area contributed by atoms with E-state index in [-0.39, 0.29) is 35.5 Å². The Kier molecular flexibility index (Phi) is 7.50. The van der Waals surface area contributed by atoms with Crippen LogP contribution in [-0.4, -0.2) is 58.2 Å². The molecule has 8 nitrogen and oxygen atoms in total. The van der Waals surface area contributed by atoms with Crippen molar-refractivity contribution in [3.8, 4) is 0 Å². The number of carbonyl (C=O) groups excluding carboxylic acids is 1. The molecule has 0 aliphatic heterocycles. The monoisotopic (exact) mass is 466 g/mol. The summed E-state index contributed by atoms with van der Waals surface area (Å²) in [4.78, 5) is 11.4. The predicted molar refractivity (Wildman–Crippen MR) is 96.3 cm³/mol. The lowest BCUT2D eigenvalue weighted by molar-refractivity contribution is -0.242. The van der Waals surface area contributed by atoms with Crippen molar-refractivity contribution in [3.63, 3.8) is 0 Å². The first-order chi connectivity index (χ1) is 12.5. The van der Waals surface area contributed by atoms with Gasteiger partial charge in [0.25, 0.3) is 5.91 Å². The average molecular weight is 467 g/mol. The third kappa shape index (κ3) is 6.58. The van der Waals surface area contributed by atoms with Gasteiger partial charge in [0.2, 0.25) is 15.6 Å². The number of aliphatic hydroxyl groups is 1. The van der Waals surface area contributed by atoms with E-state index < -0.39 is 43.3 Å². The molecule has 0 heterocycles. The lowest BCUT2D eigenvalue weighted by atomic mass is 10.1. The van der Waals surface area contributed by atoms with Crippen LogP contribution in [0.3, 0.4) is 0 Å². The van der Waals surface area contributed by atoms with E-state index >= 15 is 0 Å². The topological polar surface area (TPSA) is 130 Å². The second-order valence-electron chi connectivity index (χ2n) is 6.00. The molecule has 0 fully saturated rings. The van der Waals surface area contributed by atoms with Crippen LogP contribution in [0, 0.1) is 0 Å². The number of benzene rings is 1. The highest BCUT2D eigenvalue weighted by Gasteiger charge is 2.55. The molecule has 0 saturated heterocycles. The van der Waals surface area contributed by atoms with E-state index in [1.165, 1.54) is 0 Å². The molecule has 0 unspecified atom stereocenters. The fraction of sp³-hybridized carbons (Fsp3) is 0.500. The van der Waals surface area contributed by atoms with Gasteiger partial charge in [-0.2, -0.15) is 13.2 Å². The molecule has 0 saturated carbocycles. The van der Waals surface area contributed by atoms with E-state index in [4.69, 9.17) is 11.6 Å². The summed E-state index contributed by atoms with van der Waals surface area (Å²) in [5.74, 6) is -2.20. The number of hydrogen-bond donors (Lipinski definition) is 3. The first kappa shape index (κ1) is 24.6.